The van der Waals surface area contributed by atoms with Crippen LogP contribution in [0.1, 0.15) is 66.2 Å². The van der Waals surface area contributed by atoms with Gasteiger partial charge in [-0.15, -0.1) is 0 Å². The van der Waals surface area contributed by atoms with Gasteiger partial charge in [-0.3, -0.25) is 8.37 Å². The molecule has 0 aromatic rings. The van der Waals surface area contributed by atoms with Crippen molar-refractivity contribution in [1.29, 1.82) is 0 Å². The van der Waals surface area contributed by atoms with E-state index in [1.165, 1.54) is 37.8 Å². The van der Waals surface area contributed by atoms with Crippen LogP contribution in [0.25, 0.3) is 0 Å². The van der Waals surface area contributed by atoms with E-state index >= 15 is 0 Å². The Kier molecular flexibility index (Phi) is 9.92. The zero-order chi connectivity index (χ0) is 25.2. The fourth-order valence-electron chi connectivity index (χ4n) is 5.39. The Bertz CT molecular complexity index is 770. The molecule has 0 radical (unpaired) electrons. The van der Waals surface area contributed by atoms with Gasteiger partial charge in [0.1, 0.15) is 0 Å². The van der Waals surface area contributed by atoms with Crippen LogP contribution in [-0.2, 0) is 28.6 Å². The molecule has 2 fully saturated rings. The fourth-order valence-corrected chi connectivity index (χ4v) is 15.9. The normalized spacial score (nSPS) is 30.4. The SMILES string of the molecule is CCCC[Si](C)(C)C1CC1(C)OS(C)(=O)=O.CCCC[Si](C)(C)C1CC1(C)OS(C)(=O)=O. The van der Waals surface area contributed by atoms with E-state index in [-0.39, 0.29) is 0 Å². The van der Waals surface area contributed by atoms with Crippen LogP contribution in [0.3, 0.4) is 0 Å². The van der Waals surface area contributed by atoms with Gasteiger partial charge in [-0.2, -0.15) is 16.8 Å². The van der Waals surface area contributed by atoms with Gasteiger partial charge in [0.15, 0.2) is 0 Å². The molecule has 32 heavy (non-hydrogen) atoms. The quantitative estimate of drug-likeness (QED) is 0.228. The molecule has 192 valence electrons. The highest BCUT2D eigenvalue weighted by atomic mass is 32.2. The lowest BCUT2D eigenvalue weighted by molar-refractivity contribution is 0.208. The van der Waals surface area contributed by atoms with E-state index in [4.69, 9.17) is 8.37 Å². The Morgan fingerprint density at radius 2 is 1.00 bits per heavy atom. The highest BCUT2D eigenvalue weighted by Crippen LogP contribution is 2.60. The van der Waals surface area contributed by atoms with Gasteiger partial charge in [0.05, 0.1) is 39.9 Å². The summed E-state index contributed by atoms with van der Waals surface area (Å²) in [6.07, 6.45) is 9.07. The summed E-state index contributed by atoms with van der Waals surface area (Å²) in [4.78, 5) is 0. The molecule has 0 spiro atoms. The van der Waals surface area contributed by atoms with E-state index < -0.39 is 47.6 Å². The van der Waals surface area contributed by atoms with Gasteiger partial charge in [-0.05, 0) is 37.8 Å². The first-order valence-corrected chi connectivity index (χ1v) is 22.2. The third-order valence-electron chi connectivity index (χ3n) is 7.29. The second-order valence-corrected chi connectivity index (χ2v) is 25.4. The molecule has 4 atom stereocenters. The van der Waals surface area contributed by atoms with Crippen molar-refractivity contribution in [2.75, 3.05) is 12.5 Å². The molecule has 10 heteroatoms. The third-order valence-corrected chi connectivity index (χ3v) is 17.3. The van der Waals surface area contributed by atoms with Crippen LogP contribution in [0.5, 0.6) is 0 Å². The second kappa shape index (κ2) is 10.5. The van der Waals surface area contributed by atoms with Crippen molar-refractivity contribution in [3.63, 3.8) is 0 Å². The Balaban J connectivity index is 0.000000320. The minimum Gasteiger partial charge on any atom is -0.264 e. The average molecular weight is 529 g/mol. The smallest absolute Gasteiger partial charge is 0.264 e. The summed E-state index contributed by atoms with van der Waals surface area (Å²) in [5.41, 5.74) is 0.219. The predicted molar refractivity (Wildman–Crippen MR) is 140 cm³/mol. The van der Waals surface area contributed by atoms with Gasteiger partial charge < -0.3 is 0 Å². The highest BCUT2D eigenvalue weighted by Gasteiger charge is 2.61. The molecule has 0 aromatic carbocycles. The maximum Gasteiger partial charge on any atom is 0.264 e. The molecule has 0 aliphatic heterocycles. The average Bonchev–Trinajstić information content (AvgIpc) is 3.44. The standard InChI is InChI=1S/2C11H24O3SSi/c2*1-6-7-8-16(4,5)10-9-11(10,2)14-15(3,12)13/h2*10H,6-9H2,1-5H3. The molecule has 0 aromatic heterocycles. The molecule has 2 aliphatic rings. The highest BCUT2D eigenvalue weighted by molar-refractivity contribution is 7.86. The minimum absolute atomic E-state index is 0.392. The maximum absolute atomic E-state index is 11.2. The van der Waals surface area contributed by atoms with Crippen LogP contribution in [0.4, 0.5) is 0 Å². The van der Waals surface area contributed by atoms with E-state index in [0.717, 1.165) is 25.4 Å². The van der Waals surface area contributed by atoms with Crippen molar-refractivity contribution in [3.8, 4) is 0 Å². The molecule has 0 heterocycles. The van der Waals surface area contributed by atoms with Crippen molar-refractivity contribution in [3.05, 3.63) is 0 Å². The van der Waals surface area contributed by atoms with Gasteiger partial charge >= 0.3 is 0 Å². The molecule has 6 nitrogen and oxygen atoms in total. The van der Waals surface area contributed by atoms with E-state index in [9.17, 15) is 16.8 Å². The van der Waals surface area contributed by atoms with E-state index in [1.54, 1.807) is 0 Å². The zero-order valence-electron chi connectivity index (χ0n) is 22.1. The van der Waals surface area contributed by atoms with Gasteiger partial charge in [-0.1, -0.05) is 77.8 Å². The Hall–Kier alpha value is 0.254. The van der Waals surface area contributed by atoms with Crippen molar-refractivity contribution >= 4 is 36.4 Å². The lowest BCUT2D eigenvalue weighted by Gasteiger charge is -2.24. The van der Waals surface area contributed by atoms with E-state index in [1.807, 2.05) is 13.8 Å². The number of hydrogen-bond acceptors (Lipinski definition) is 6. The Morgan fingerprint density at radius 3 is 1.22 bits per heavy atom. The first-order chi connectivity index (χ1) is 14.2. The second-order valence-electron chi connectivity index (χ2n) is 11.9. The van der Waals surface area contributed by atoms with Crippen LogP contribution < -0.4 is 0 Å². The maximum atomic E-state index is 11.2. The first kappa shape index (κ1) is 30.3. The molecule has 0 N–H and O–H groups in total. The van der Waals surface area contributed by atoms with Crippen LogP contribution in [0.15, 0.2) is 0 Å². The topological polar surface area (TPSA) is 86.7 Å². The van der Waals surface area contributed by atoms with Gasteiger partial charge in [-0.25, -0.2) is 0 Å². The third kappa shape index (κ3) is 9.48. The van der Waals surface area contributed by atoms with Gasteiger partial charge in [0.25, 0.3) is 20.2 Å². The summed E-state index contributed by atoms with van der Waals surface area (Å²) in [6.45, 7) is 17.7. The largest absolute Gasteiger partial charge is 0.264 e. The van der Waals surface area contributed by atoms with Crippen LogP contribution in [-0.4, -0.2) is 56.7 Å². The number of unbranched alkanes of at least 4 members (excludes halogenated alkanes) is 2. The zero-order valence-corrected chi connectivity index (χ0v) is 25.7. The Morgan fingerprint density at radius 1 is 0.719 bits per heavy atom. The summed E-state index contributed by atoms with van der Waals surface area (Å²) in [6, 6.07) is 2.55. The van der Waals surface area contributed by atoms with Crippen molar-refractivity contribution in [2.24, 2.45) is 0 Å². The molecule has 2 saturated carbocycles. The minimum atomic E-state index is -3.31. The first-order valence-electron chi connectivity index (χ1n) is 12.0. The van der Waals surface area contributed by atoms with Crippen LogP contribution in [0, 0.1) is 0 Å². The summed E-state index contributed by atoms with van der Waals surface area (Å²) < 4.78 is 55.1. The van der Waals surface area contributed by atoms with E-state index in [2.05, 4.69) is 40.0 Å². The summed E-state index contributed by atoms with van der Waals surface area (Å²) in [7, 11) is -9.25. The molecule has 0 amide bonds. The summed E-state index contributed by atoms with van der Waals surface area (Å²) in [5, 5.41) is 0. The predicted octanol–water partition coefficient (Wildman–Crippen LogP) is 6.01. The Labute approximate surface area is 200 Å². The summed E-state index contributed by atoms with van der Waals surface area (Å²) in [5.74, 6) is 0. The molecule has 2 aliphatic carbocycles. The number of hydrogen-bond donors (Lipinski definition) is 0. The molecule has 2 rings (SSSR count). The lowest BCUT2D eigenvalue weighted by Crippen LogP contribution is -2.31. The lowest BCUT2D eigenvalue weighted by atomic mass is 10.4. The van der Waals surface area contributed by atoms with Crippen LogP contribution in [0.2, 0.25) is 49.4 Å². The van der Waals surface area contributed by atoms with Crippen molar-refractivity contribution < 1.29 is 25.2 Å². The number of rotatable bonds is 12. The van der Waals surface area contributed by atoms with Gasteiger partial charge in [0.2, 0.25) is 0 Å². The van der Waals surface area contributed by atoms with Gasteiger partial charge in [0, 0.05) is 0 Å². The molecule has 0 saturated heterocycles. The monoisotopic (exact) mass is 528 g/mol. The van der Waals surface area contributed by atoms with Crippen LogP contribution >= 0.6 is 0 Å². The van der Waals surface area contributed by atoms with Crippen molar-refractivity contribution in [2.45, 2.75) is 127 Å². The molecular formula is C22H48O6S2Si2. The fraction of sp³-hybridized carbons (Fsp3) is 1.00. The summed E-state index contributed by atoms with van der Waals surface area (Å²) >= 11 is 0. The molecule has 4 unspecified atom stereocenters. The molecule has 0 bridgehead atoms. The van der Waals surface area contributed by atoms with Crippen molar-refractivity contribution in [1.82, 2.24) is 0 Å². The molecular weight excluding hydrogens is 481 g/mol. The van der Waals surface area contributed by atoms with E-state index in [0.29, 0.717) is 11.1 Å².